The van der Waals surface area contributed by atoms with E-state index in [4.69, 9.17) is 4.74 Å². The van der Waals surface area contributed by atoms with Gasteiger partial charge in [0.25, 0.3) is 5.91 Å². The Balaban J connectivity index is 1.80. The second-order valence-electron chi connectivity index (χ2n) is 5.04. The first-order valence-corrected chi connectivity index (χ1v) is 7.03. The molecule has 2 aromatic carbocycles. The molecule has 1 saturated heterocycles. The molecule has 0 atom stereocenters. The van der Waals surface area contributed by atoms with Crippen molar-refractivity contribution < 1.29 is 14.3 Å². The largest absolute Gasteiger partial charge is 0.488 e. The van der Waals surface area contributed by atoms with Crippen molar-refractivity contribution in [2.24, 2.45) is 0 Å². The Morgan fingerprint density at radius 1 is 1.00 bits per heavy atom. The highest BCUT2D eigenvalue weighted by Gasteiger charge is 2.23. The van der Waals surface area contributed by atoms with Crippen molar-refractivity contribution in [1.29, 1.82) is 0 Å². The van der Waals surface area contributed by atoms with Gasteiger partial charge in [0.2, 0.25) is 5.91 Å². The smallest absolute Gasteiger partial charge is 0.254 e. The number of ether oxygens (including phenoxy) is 1. The third-order valence-corrected chi connectivity index (χ3v) is 3.38. The summed E-state index contributed by atoms with van der Waals surface area (Å²) in [4.78, 5) is 22.9. The highest BCUT2D eigenvalue weighted by molar-refractivity contribution is 6.15. The monoisotopic (exact) mass is 293 g/mol. The van der Waals surface area contributed by atoms with Crippen molar-refractivity contribution in [3.05, 3.63) is 71.3 Å². The van der Waals surface area contributed by atoms with E-state index in [9.17, 15) is 9.59 Å². The predicted molar refractivity (Wildman–Crippen MR) is 83.0 cm³/mol. The maximum atomic E-state index is 11.6. The molecule has 0 saturated carbocycles. The molecule has 4 heteroatoms. The molecule has 22 heavy (non-hydrogen) atoms. The number of carbonyl (C=O) groups excluding carboxylic acids is 2. The Bertz CT molecular complexity index is 735. The van der Waals surface area contributed by atoms with Gasteiger partial charge in [0.15, 0.2) is 0 Å². The third kappa shape index (κ3) is 3.23. The van der Waals surface area contributed by atoms with E-state index in [0.29, 0.717) is 17.9 Å². The minimum absolute atomic E-state index is 0.117. The molecule has 2 aromatic rings. The summed E-state index contributed by atoms with van der Waals surface area (Å²) in [7, 11) is 0. The molecule has 2 amide bonds. The van der Waals surface area contributed by atoms with Crippen LogP contribution in [0.5, 0.6) is 5.75 Å². The molecule has 0 bridgehead atoms. The minimum Gasteiger partial charge on any atom is -0.488 e. The van der Waals surface area contributed by atoms with Crippen LogP contribution < -0.4 is 10.1 Å². The predicted octanol–water partition coefficient (Wildman–Crippen LogP) is 2.70. The molecule has 4 nitrogen and oxygen atoms in total. The maximum Gasteiger partial charge on any atom is 0.254 e. The van der Waals surface area contributed by atoms with Crippen LogP contribution in [0.25, 0.3) is 6.08 Å². The van der Waals surface area contributed by atoms with Crippen LogP contribution in [0, 0.1) is 0 Å². The maximum absolute atomic E-state index is 11.6. The summed E-state index contributed by atoms with van der Waals surface area (Å²) in [5, 5.41) is 2.28. The standard InChI is InChI=1S/C18H15NO3/c20-17-11-15(18(21)19-17)10-14-8-4-5-9-16(14)22-12-13-6-2-1-3-7-13/h1-10H,11-12H2,(H,19,20,21)/b15-10+. The van der Waals surface area contributed by atoms with E-state index in [1.54, 1.807) is 6.08 Å². The van der Waals surface area contributed by atoms with E-state index in [1.165, 1.54) is 0 Å². The second kappa shape index (κ2) is 6.26. The lowest BCUT2D eigenvalue weighted by Gasteiger charge is -2.09. The molecule has 0 unspecified atom stereocenters. The molecule has 110 valence electrons. The van der Waals surface area contributed by atoms with Crippen molar-refractivity contribution in [2.45, 2.75) is 13.0 Å². The van der Waals surface area contributed by atoms with Gasteiger partial charge in [-0.25, -0.2) is 0 Å². The molecule has 0 aliphatic carbocycles. The van der Waals surface area contributed by atoms with Crippen LogP contribution in [0.2, 0.25) is 0 Å². The van der Waals surface area contributed by atoms with Crippen LogP contribution >= 0.6 is 0 Å². The quantitative estimate of drug-likeness (QED) is 0.696. The van der Waals surface area contributed by atoms with Crippen molar-refractivity contribution in [2.75, 3.05) is 0 Å². The Kier molecular flexibility index (Phi) is 4.01. The van der Waals surface area contributed by atoms with Gasteiger partial charge in [-0.1, -0.05) is 48.5 Å². The molecule has 0 radical (unpaired) electrons. The number of amides is 2. The number of carbonyl (C=O) groups is 2. The SMILES string of the molecule is O=C1C/C(=C\c2ccccc2OCc2ccccc2)C(=O)N1. The van der Waals surface area contributed by atoms with Gasteiger partial charge < -0.3 is 4.74 Å². The Morgan fingerprint density at radius 3 is 2.45 bits per heavy atom. The summed E-state index contributed by atoms with van der Waals surface area (Å²) in [5.41, 5.74) is 2.32. The first kappa shape index (κ1) is 14.1. The zero-order valence-electron chi connectivity index (χ0n) is 11.9. The number of imide groups is 1. The highest BCUT2D eigenvalue weighted by atomic mass is 16.5. The van der Waals surface area contributed by atoms with Gasteiger partial charge in [-0.2, -0.15) is 0 Å². The molecule has 1 N–H and O–H groups in total. The molecule has 0 spiro atoms. The van der Waals surface area contributed by atoms with E-state index in [-0.39, 0.29) is 18.2 Å². The normalized spacial score (nSPS) is 15.9. The fourth-order valence-corrected chi connectivity index (χ4v) is 2.28. The van der Waals surface area contributed by atoms with Gasteiger partial charge in [-0.05, 0) is 17.7 Å². The van der Waals surface area contributed by atoms with Crippen molar-refractivity contribution in [1.82, 2.24) is 5.32 Å². The zero-order valence-corrected chi connectivity index (χ0v) is 11.9. The zero-order chi connectivity index (χ0) is 15.4. The van der Waals surface area contributed by atoms with Crippen LogP contribution in [-0.2, 0) is 16.2 Å². The summed E-state index contributed by atoms with van der Waals surface area (Å²) in [6.07, 6.45) is 1.83. The van der Waals surface area contributed by atoms with Crippen LogP contribution in [0.4, 0.5) is 0 Å². The molecule has 0 aromatic heterocycles. The minimum atomic E-state index is -0.331. The lowest BCUT2D eigenvalue weighted by atomic mass is 10.1. The molecule has 3 rings (SSSR count). The Labute approximate surface area is 128 Å². The van der Waals surface area contributed by atoms with E-state index < -0.39 is 0 Å². The lowest BCUT2D eigenvalue weighted by Crippen LogP contribution is -2.19. The third-order valence-electron chi connectivity index (χ3n) is 3.38. The number of benzene rings is 2. The number of nitrogens with one attached hydrogen (secondary N) is 1. The number of hydrogen-bond acceptors (Lipinski definition) is 3. The fraction of sp³-hybridized carbons (Fsp3) is 0.111. The van der Waals surface area contributed by atoms with E-state index in [0.717, 1.165) is 11.1 Å². The van der Waals surface area contributed by atoms with Gasteiger partial charge in [0.1, 0.15) is 12.4 Å². The Hall–Kier alpha value is -2.88. The molecule has 1 aliphatic heterocycles. The van der Waals surface area contributed by atoms with Crippen molar-refractivity contribution in [3.8, 4) is 5.75 Å². The van der Waals surface area contributed by atoms with Crippen LogP contribution in [0.1, 0.15) is 17.5 Å². The van der Waals surface area contributed by atoms with E-state index in [1.807, 2.05) is 54.6 Å². The number of para-hydroxylation sites is 1. The average molecular weight is 293 g/mol. The van der Waals surface area contributed by atoms with Crippen LogP contribution in [-0.4, -0.2) is 11.8 Å². The van der Waals surface area contributed by atoms with Crippen LogP contribution in [0.3, 0.4) is 0 Å². The van der Waals surface area contributed by atoms with Crippen molar-refractivity contribution in [3.63, 3.8) is 0 Å². The molecule has 1 heterocycles. The number of hydrogen-bond donors (Lipinski definition) is 1. The van der Waals surface area contributed by atoms with Gasteiger partial charge in [-0.15, -0.1) is 0 Å². The first-order chi connectivity index (χ1) is 10.7. The first-order valence-electron chi connectivity index (χ1n) is 7.03. The van der Waals surface area contributed by atoms with Gasteiger partial charge in [0.05, 0.1) is 6.42 Å². The van der Waals surface area contributed by atoms with Crippen LogP contribution in [0.15, 0.2) is 60.2 Å². The second-order valence-corrected chi connectivity index (χ2v) is 5.04. The van der Waals surface area contributed by atoms with Gasteiger partial charge in [0, 0.05) is 11.1 Å². The molecular weight excluding hydrogens is 278 g/mol. The topological polar surface area (TPSA) is 55.4 Å². The summed E-state index contributed by atoms with van der Waals surface area (Å²) in [6.45, 7) is 0.451. The molecular formula is C18H15NO3. The Morgan fingerprint density at radius 2 is 1.73 bits per heavy atom. The molecule has 1 fully saturated rings. The molecule has 1 aliphatic rings. The fourth-order valence-electron chi connectivity index (χ4n) is 2.28. The number of rotatable bonds is 4. The average Bonchev–Trinajstić information content (AvgIpc) is 2.85. The lowest BCUT2D eigenvalue weighted by molar-refractivity contribution is -0.124. The van der Waals surface area contributed by atoms with Crippen molar-refractivity contribution >= 4 is 17.9 Å². The highest BCUT2D eigenvalue weighted by Crippen LogP contribution is 2.24. The van der Waals surface area contributed by atoms with E-state index in [2.05, 4.69) is 5.32 Å². The van der Waals surface area contributed by atoms with E-state index >= 15 is 0 Å². The summed E-state index contributed by atoms with van der Waals surface area (Å²) in [5.74, 6) is 0.0906. The van der Waals surface area contributed by atoms with Gasteiger partial charge in [-0.3, -0.25) is 14.9 Å². The summed E-state index contributed by atoms with van der Waals surface area (Å²) < 4.78 is 5.83. The van der Waals surface area contributed by atoms with Gasteiger partial charge >= 0.3 is 0 Å². The summed E-state index contributed by atoms with van der Waals surface area (Å²) >= 11 is 0. The summed E-state index contributed by atoms with van der Waals surface area (Å²) in [6, 6.07) is 17.3.